The Balaban J connectivity index is 0. The predicted octanol–water partition coefficient (Wildman–Crippen LogP) is 1.93. The van der Waals surface area contributed by atoms with Crippen LogP contribution in [0, 0.1) is 0 Å². The summed E-state index contributed by atoms with van der Waals surface area (Å²) in [6.45, 7) is 4.74. The van der Waals surface area contributed by atoms with E-state index in [0.29, 0.717) is 0 Å². The molecular formula is C4H10AlBrO+2. The molecule has 0 aromatic heterocycles. The third kappa shape index (κ3) is 44.3. The SMILES string of the molecule is CCOBr.C[CH2][Al+2]. The summed E-state index contributed by atoms with van der Waals surface area (Å²) in [4.78, 5) is 0. The van der Waals surface area contributed by atoms with Gasteiger partial charge in [-0.05, 0) is 6.92 Å². The second-order valence-electron chi connectivity index (χ2n) is 0.806. The van der Waals surface area contributed by atoms with Gasteiger partial charge in [-0.1, -0.05) is 0 Å². The van der Waals surface area contributed by atoms with Gasteiger partial charge in [0, 0.05) is 0 Å². The molecule has 3 heteroatoms. The van der Waals surface area contributed by atoms with Crippen LogP contribution in [0.25, 0.3) is 0 Å². The van der Waals surface area contributed by atoms with Crippen LogP contribution in [0.15, 0.2) is 0 Å². The molecule has 0 atom stereocenters. The van der Waals surface area contributed by atoms with Gasteiger partial charge in [-0.25, -0.2) is 0 Å². The molecule has 0 aromatic carbocycles. The van der Waals surface area contributed by atoms with Gasteiger partial charge in [0.15, 0.2) is 0 Å². The third-order valence-electron chi connectivity index (χ3n) is 0.109. The van der Waals surface area contributed by atoms with Crippen molar-refractivity contribution in [3.05, 3.63) is 0 Å². The number of halogens is 1. The Morgan fingerprint density at radius 1 is 1.57 bits per heavy atom. The molecule has 0 radical (unpaired) electrons. The standard InChI is InChI=1S/C2H5BrO.C2H5.Al/c1-2-4-3;1-2;/h2H2,1H3;1H2,2H3;/q;;+2. The molecule has 0 aromatic rings. The van der Waals surface area contributed by atoms with Gasteiger partial charge in [-0.15, -0.1) is 0 Å². The molecule has 0 rings (SSSR count). The van der Waals surface area contributed by atoms with Crippen molar-refractivity contribution in [3.63, 3.8) is 0 Å². The van der Waals surface area contributed by atoms with Crippen LogP contribution in [-0.2, 0) is 3.83 Å². The van der Waals surface area contributed by atoms with Crippen LogP contribution in [-0.4, -0.2) is 22.9 Å². The maximum atomic E-state index is 4.35. The van der Waals surface area contributed by atoms with Crippen LogP contribution in [0.4, 0.5) is 0 Å². The van der Waals surface area contributed by atoms with Crippen LogP contribution < -0.4 is 0 Å². The Morgan fingerprint density at radius 3 is 1.71 bits per heavy atom. The molecule has 40 valence electrons. The summed E-state index contributed by atoms with van der Waals surface area (Å²) in [5, 5.41) is 1.17. The zero-order chi connectivity index (χ0) is 6.12. The molecule has 0 spiro atoms. The van der Waals surface area contributed by atoms with Gasteiger partial charge in [0.2, 0.25) is 0 Å². The maximum absolute atomic E-state index is 4.35. The average molecular weight is 181 g/mol. The van der Waals surface area contributed by atoms with Crippen molar-refractivity contribution in [2.75, 3.05) is 6.61 Å². The van der Waals surface area contributed by atoms with Crippen molar-refractivity contribution in [1.82, 2.24) is 0 Å². The zero-order valence-corrected chi connectivity index (χ0v) is 7.52. The molecule has 1 nitrogen and oxygen atoms in total. The van der Waals surface area contributed by atoms with E-state index in [1.807, 2.05) is 6.92 Å². The summed E-state index contributed by atoms with van der Waals surface area (Å²) in [5.41, 5.74) is 0. The van der Waals surface area contributed by atoms with Crippen molar-refractivity contribution in [1.29, 1.82) is 0 Å². The Hall–Kier alpha value is 0.972. The minimum absolute atomic E-state index is 0.736. The van der Waals surface area contributed by atoms with E-state index < -0.39 is 0 Å². The molecule has 7 heavy (non-hydrogen) atoms. The van der Waals surface area contributed by atoms with Gasteiger partial charge in [-0.2, -0.15) is 0 Å². The first-order valence-electron chi connectivity index (χ1n) is 2.27. The molecule has 0 heterocycles. The van der Waals surface area contributed by atoms with Gasteiger partial charge in [0.25, 0.3) is 0 Å². The summed E-state index contributed by atoms with van der Waals surface area (Å²) in [6.07, 6.45) is 0. The fourth-order valence-corrected chi connectivity index (χ4v) is 0. The molecule has 0 aliphatic carbocycles. The van der Waals surface area contributed by atoms with Crippen molar-refractivity contribution < 1.29 is 3.83 Å². The molecule has 0 aliphatic heterocycles. The number of hydrogen-bond donors (Lipinski definition) is 0. The summed E-state index contributed by atoms with van der Waals surface area (Å²) < 4.78 is 4.35. The van der Waals surface area contributed by atoms with Crippen LogP contribution in [0.5, 0.6) is 0 Å². The second kappa shape index (κ2) is 15.8. The summed E-state index contributed by atoms with van der Waals surface area (Å²) in [7, 11) is 0. The number of rotatable bonds is 1. The van der Waals surface area contributed by atoms with E-state index in [4.69, 9.17) is 0 Å². The predicted molar refractivity (Wildman–Crippen MR) is 36.8 cm³/mol. The second-order valence-corrected chi connectivity index (χ2v) is 2.08. The summed E-state index contributed by atoms with van der Waals surface area (Å²) in [5.74, 6) is 0. The first-order chi connectivity index (χ1) is 3.33. The average Bonchev–Trinajstić information content (AvgIpc) is 1.69. The topological polar surface area (TPSA) is 9.23 Å². The molecule has 0 N–H and O–H groups in total. The third-order valence-corrected chi connectivity index (χ3v) is 0.567. The van der Waals surface area contributed by atoms with Gasteiger partial charge < -0.3 is 3.83 Å². The van der Waals surface area contributed by atoms with E-state index in [-0.39, 0.29) is 0 Å². The fraction of sp³-hybridized carbons (Fsp3) is 1.00. The normalized spacial score (nSPS) is 7.00. The Bertz CT molecular complexity index is 19.2. The fourth-order valence-electron chi connectivity index (χ4n) is 0. The van der Waals surface area contributed by atoms with Gasteiger partial charge in [-0.3, -0.25) is 0 Å². The molecule has 0 amide bonds. The van der Waals surface area contributed by atoms with Crippen molar-refractivity contribution in [2.24, 2.45) is 0 Å². The van der Waals surface area contributed by atoms with E-state index in [0.717, 1.165) is 6.61 Å². The van der Waals surface area contributed by atoms with Crippen LogP contribution >= 0.6 is 16.3 Å². The molecule has 0 bridgehead atoms. The molecule has 0 saturated heterocycles. The Morgan fingerprint density at radius 2 is 1.71 bits per heavy atom. The quantitative estimate of drug-likeness (QED) is 0.561. The van der Waals surface area contributed by atoms with Crippen molar-refractivity contribution in [2.45, 2.75) is 19.1 Å². The molecular weight excluding hydrogens is 171 g/mol. The van der Waals surface area contributed by atoms with Crippen molar-refractivity contribution >= 4 is 32.5 Å². The van der Waals surface area contributed by atoms with Gasteiger partial charge in [0.1, 0.15) is 0 Å². The summed E-state index contributed by atoms with van der Waals surface area (Å²) in [6, 6.07) is 0. The zero-order valence-electron chi connectivity index (χ0n) is 4.78. The van der Waals surface area contributed by atoms with Crippen molar-refractivity contribution in [3.8, 4) is 0 Å². The van der Waals surface area contributed by atoms with Crippen LogP contribution in [0.1, 0.15) is 13.8 Å². The van der Waals surface area contributed by atoms with E-state index in [2.05, 4.69) is 43.3 Å². The first kappa shape index (κ1) is 10.9. The van der Waals surface area contributed by atoms with E-state index in [9.17, 15) is 0 Å². The van der Waals surface area contributed by atoms with Crippen LogP contribution in [0.2, 0.25) is 5.28 Å². The van der Waals surface area contributed by atoms with Gasteiger partial charge in [0.05, 0.1) is 22.9 Å². The van der Waals surface area contributed by atoms with Crippen LogP contribution in [0.3, 0.4) is 0 Å². The minimum atomic E-state index is 0.736. The monoisotopic (exact) mass is 180 g/mol. The number of hydrogen-bond acceptors (Lipinski definition) is 1. The van der Waals surface area contributed by atoms with Gasteiger partial charge >= 0.3 is 28.5 Å². The molecule has 0 saturated carbocycles. The Kier molecular flexibility index (Phi) is 24.5. The summed E-state index contributed by atoms with van der Waals surface area (Å²) >= 11 is 5.33. The van der Waals surface area contributed by atoms with E-state index >= 15 is 0 Å². The molecule has 0 fully saturated rings. The van der Waals surface area contributed by atoms with E-state index in [1.165, 1.54) is 5.28 Å². The molecule has 0 aliphatic rings. The first-order valence-corrected chi connectivity index (χ1v) is 3.73. The Labute approximate surface area is 62.3 Å². The molecule has 0 unspecified atom stereocenters. The van der Waals surface area contributed by atoms with E-state index in [1.54, 1.807) is 0 Å².